The fourth-order valence-electron chi connectivity index (χ4n) is 3.24. The molecule has 0 aromatic heterocycles. The van der Waals surface area contributed by atoms with Crippen LogP contribution in [-0.2, 0) is 4.79 Å². The van der Waals surface area contributed by atoms with Crippen LogP contribution >= 0.6 is 11.8 Å². The number of carbonyl (C=O) groups is 1. The number of piperidine rings is 1. The summed E-state index contributed by atoms with van der Waals surface area (Å²) in [6, 6.07) is 9.61. The Bertz CT molecular complexity index is 663. The van der Waals surface area contributed by atoms with E-state index in [2.05, 4.69) is 17.0 Å². The van der Waals surface area contributed by atoms with Crippen molar-refractivity contribution < 1.29 is 4.79 Å². The van der Waals surface area contributed by atoms with Crippen LogP contribution in [0.4, 0.5) is 5.69 Å². The molecule has 0 unspecified atom stereocenters. The second-order valence-corrected chi connectivity index (χ2v) is 6.94. The summed E-state index contributed by atoms with van der Waals surface area (Å²) in [5.41, 5.74) is 1.82. The monoisotopic (exact) mass is 312 g/mol. The van der Waals surface area contributed by atoms with Crippen LogP contribution in [-0.4, -0.2) is 41.6 Å². The van der Waals surface area contributed by atoms with Crippen molar-refractivity contribution >= 4 is 23.4 Å². The molecule has 22 heavy (non-hydrogen) atoms. The van der Waals surface area contributed by atoms with E-state index in [1.54, 1.807) is 30.0 Å². The van der Waals surface area contributed by atoms with Crippen LogP contribution in [0.1, 0.15) is 24.0 Å². The fourth-order valence-corrected chi connectivity index (χ4v) is 4.59. The molecular weight excluding hydrogens is 296 g/mol. The molecule has 2 heterocycles. The summed E-state index contributed by atoms with van der Waals surface area (Å²) in [5, 5.41) is 18.6. The fraction of sp³-hybridized carbons (Fsp3) is 0.438. The van der Waals surface area contributed by atoms with Crippen molar-refractivity contribution in [2.24, 2.45) is 0 Å². The van der Waals surface area contributed by atoms with Crippen LogP contribution in [0, 0.1) is 22.7 Å². The number of hydrogen-bond donors (Lipinski definition) is 0. The van der Waals surface area contributed by atoms with E-state index >= 15 is 0 Å². The highest BCUT2D eigenvalue weighted by Crippen LogP contribution is 2.44. The van der Waals surface area contributed by atoms with Crippen molar-refractivity contribution in [3.8, 4) is 12.1 Å². The minimum Gasteiger partial charge on any atom is -0.369 e. The molecule has 0 N–H and O–H groups in total. The van der Waals surface area contributed by atoms with Gasteiger partial charge in [-0.1, -0.05) is 6.07 Å². The lowest BCUT2D eigenvalue weighted by Crippen LogP contribution is -2.50. The number of nitrogens with zero attached hydrogens (tertiary/aromatic N) is 4. The number of carbonyl (C=O) groups excluding carboxylic acids is 1. The van der Waals surface area contributed by atoms with E-state index in [0.717, 1.165) is 31.6 Å². The maximum Gasteiger partial charge on any atom is 0.233 e. The first-order valence-corrected chi connectivity index (χ1v) is 8.18. The molecule has 1 aromatic carbocycles. The van der Waals surface area contributed by atoms with Crippen molar-refractivity contribution in [3.05, 3.63) is 29.3 Å². The molecule has 5 nitrogen and oxygen atoms in total. The number of rotatable bonds is 1. The van der Waals surface area contributed by atoms with E-state index in [0.29, 0.717) is 16.9 Å². The molecule has 1 aromatic rings. The lowest BCUT2D eigenvalue weighted by atomic mass is 9.99. The SMILES string of the molecule is CN1C(=O)CSC12CCN(c1c(C#N)cccc1C#N)CC2. The maximum atomic E-state index is 11.8. The van der Waals surface area contributed by atoms with Crippen molar-refractivity contribution in [1.29, 1.82) is 10.5 Å². The molecule has 0 radical (unpaired) electrons. The first kappa shape index (κ1) is 14.7. The molecule has 2 aliphatic heterocycles. The zero-order chi connectivity index (χ0) is 15.7. The number of anilines is 1. The van der Waals surface area contributed by atoms with E-state index in [-0.39, 0.29) is 10.8 Å². The molecule has 3 rings (SSSR count). The third kappa shape index (κ3) is 2.20. The first-order valence-electron chi connectivity index (χ1n) is 7.20. The molecule has 112 valence electrons. The van der Waals surface area contributed by atoms with Gasteiger partial charge in [-0.3, -0.25) is 4.79 Å². The Balaban J connectivity index is 1.85. The summed E-state index contributed by atoms with van der Waals surface area (Å²) in [6.07, 6.45) is 1.70. The molecule has 0 aliphatic carbocycles. The second-order valence-electron chi connectivity index (χ2n) is 5.60. The van der Waals surface area contributed by atoms with Crippen LogP contribution in [0.3, 0.4) is 0 Å². The number of nitriles is 2. The zero-order valence-electron chi connectivity index (χ0n) is 12.4. The predicted octanol–water partition coefficient (Wildman–Crippen LogP) is 1.93. The Morgan fingerprint density at radius 2 is 1.77 bits per heavy atom. The summed E-state index contributed by atoms with van der Waals surface area (Å²) < 4.78 is 0. The highest BCUT2D eigenvalue weighted by atomic mass is 32.2. The van der Waals surface area contributed by atoms with Crippen LogP contribution in [0.5, 0.6) is 0 Å². The third-order valence-electron chi connectivity index (χ3n) is 4.59. The molecule has 0 atom stereocenters. The molecule has 0 bridgehead atoms. The van der Waals surface area contributed by atoms with E-state index in [4.69, 9.17) is 0 Å². The summed E-state index contributed by atoms with van der Waals surface area (Å²) in [5.74, 6) is 0.739. The minimum absolute atomic E-state index is 0.109. The van der Waals surface area contributed by atoms with Gasteiger partial charge in [0, 0.05) is 20.1 Å². The van der Waals surface area contributed by atoms with E-state index in [1.165, 1.54) is 0 Å². The minimum atomic E-state index is -0.109. The predicted molar refractivity (Wildman–Crippen MR) is 85.3 cm³/mol. The average molecular weight is 312 g/mol. The van der Waals surface area contributed by atoms with Gasteiger partial charge in [-0.15, -0.1) is 11.8 Å². The lowest BCUT2D eigenvalue weighted by molar-refractivity contribution is -0.129. The Morgan fingerprint density at radius 1 is 1.18 bits per heavy atom. The number of para-hydroxylation sites is 1. The topological polar surface area (TPSA) is 71.1 Å². The van der Waals surface area contributed by atoms with Crippen molar-refractivity contribution in [3.63, 3.8) is 0 Å². The maximum absolute atomic E-state index is 11.8. The van der Waals surface area contributed by atoms with Gasteiger partial charge in [0.15, 0.2) is 0 Å². The number of benzene rings is 1. The van der Waals surface area contributed by atoms with Gasteiger partial charge in [0.2, 0.25) is 5.91 Å². The summed E-state index contributed by atoms with van der Waals surface area (Å²) in [7, 11) is 1.88. The van der Waals surface area contributed by atoms with Gasteiger partial charge in [0.1, 0.15) is 12.1 Å². The van der Waals surface area contributed by atoms with Crippen molar-refractivity contribution in [2.45, 2.75) is 17.7 Å². The molecule has 2 aliphatic rings. The Hall–Kier alpha value is -2.18. The Labute approximate surface area is 134 Å². The Morgan fingerprint density at radius 3 is 2.23 bits per heavy atom. The Kier molecular flexibility index (Phi) is 3.72. The van der Waals surface area contributed by atoms with Gasteiger partial charge in [0.05, 0.1) is 27.4 Å². The molecule has 1 spiro atoms. The van der Waals surface area contributed by atoms with Gasteiger partial charge >= 0.3 is 0 Å². The number of hydrogen-bond acceptors (Lipinski definition) is 5. The lowest BCUT2D eigenvalue weighted by Gasteiger charge is -2.43. The highest BCUT2D eigenvalue weighted by molar-refractivity contribution is 8.01. The van der Waals surface area contributed by atoms with Crippen LogP contribution in [0.25, 0.3) is 0 Å². The van der Waals surface area contributed by atoms with E-state index in [9.17, 15) is 15.3 Å². The van der Waals surface area contributed by atoms with Crippen molar-refractivity contribution in [1.82, 2.24) is 4.90 Å². The van der Waals surface area contributed by atoms with Crippen LogP contribution in [0.15, 0.2) is 18.2 Å². The number of amides is 1. The standard InChI is InChI=1S/C16H16N4OS/c1-19-14(21)11-22-16(19)5-7-20(8-6-16)15-12(9-17)3-2-4-13(15)10-18/h2-4H,5-8,11H2,1H3. The smallest absolute Gasteiger partial charge is 0.233 e. The molecule has 2 fully saturated rings. The summed E-state index contributed by atoms with van der Waals surface area (Å²) in [4.78, 5) is 15.7. The van der Waals surface area contributed by atoms with E-state index in [1.807, 2.05) is 11.9 Å². The largest absolute Gasteiger partial charge is 0.369 e. The highest BCUT2D eigenvalue weighted by Gasteiger charge is 2.46. The average Bonchev–Trinajstić information content (AvgIpc) is 2.84. The zero-order valence-corrected chi connectivity index (χ0v) is 13.2. The third-order valence-corrected chi connectivity index (χ3v) is 6.20. The quantitative estimate of drug-likeness (QED) is 0.792. The van der Waals surface area contributed by atoms with Gasteiger partial charge in [0.25, 0.3) is 0 Å². The van der Waals surface area contributed by atoms with Crippen molar-refractivity contribution in [2.75, 3.05) is 30.8 Å². The normalized spacial score (nSPS) is 20.0. The van der Waals surface area contributed by atoms with Gasteiger partial charge in [-0.2, -0.15) is 10.5 Å². The second kappa shape index (κ2) is 5.55. The van der Waals surface area contributed by atoms with Gasteiger partial charge in [-0.05, 0) is 25.0 Å². The molecule has 0 saturated carbocycles. The molecule has 2 saturated heterocycles. The van der Waals surface area contributed by atoms with Crippen LogP contribution in [0.2, 0.25) is 0 Å². The first-order chi connectivity index (χ1) is 10.6. The molecule has 1 amide bonds. The van der Waals surface area contributed by atoms with Gasteiger partial charge in [-0.25, -0.2) is 0 Å². The summed E-state index contributed by atoms with van der Waals surface area (Å²) >= 11 is 1.72. The molecule has 6 heteroatoms. The molecular formula is C16H16N4OS. The van der Waals surface area contributed by atoms with E-state index < -0.39 is 0 Å². The number of thioether (sulfide) groups is 1. The summed E-state index contributed by atoms with van der Waals surface area (Å²) in [6.45, 7) is 1.50. The van der Waals surface area contributed by atoms with Crippen LogP contribution < -0.4 is 4.90 Å². The van der Waals surface area contributed by atoms with Gasteiger partial charge < -0.3 is 9.80 Å².